The van der Waals surface area contributed by atoms with Crippen LogP contribution in [-0.4, -0.2) is 19.7 Å². The zero-order valence-corrected chi connectivity index (χ0v) is 7.38. The number of amides is 1. The summed E-state index contributed by atoms with van der Waals surface area (Å²) in [6.07, 6.45) is 7.29. The minimum absolute atomic E-state index is 0.329. The Morgan fingerprint density at radius 2 is 2.50 bits per heavy atom. The Kier molecular flexibility index (Phi) is 3.64. The number of hydrogen-bond acceptors (Lipinski definition) is 2. The molecule has 1 aliphatic rings. The molecule has 0 spiro atoms. The van der Waals surface area contributed by atoms with E-state index in [4.69, 9.17) is 4.74 Å². The van der Waals surface area contributed by atoms with Crippen LogP contribution >= 0.6 is 0 Å². The second-order valence-electron chi connectivity index (χ2n) is 3.00. The molecule has 0 radical (unpaired) electrons. The first-order chi connectivity index (χ1) is 5.83. The predicted octanol–water partition coefficient (Wildman–Crippen LogP) is 1.70. The fourth-order valence-electron chi connectivity index (χ4n) is 1.27. The molecule has 3 nitrogen and oxygen atoms in total. The molecule has 1 amide bonds. The molecular formula is C9H15NO2. The molecule has 0 fully saturated rings. The van der Waals surface area contributed by atoms with Crippen LogP contribution < -0.4 is 5.32 Å². The number of rotatable bonds is 2. The lowest BCUT2D eigenvalue weighted by atomic mass is 9.95. The topological polar surface area (TPSA) is 38.3 Å². The Morgan fingerprint density at radius 3 is 3.08 bits per heavy atom. The first-order valence-corrected chi connectivity index (χ1v) is 4.32. The molecule has 1 atom stereocenters. The van der Waals surface area contributed by atoms with Crippen LogP contribution in [0.15, 0.2) is 12.2 Å². The molecule has 0 heterocycles. The monoisotopic (exact) mass is 169 g/mol. The fourth-order valence-corrected chi connectivity index (χ4v) is 1.27. The van der Waals surface area contributed by atoms with Crippen molar-refractivity contribution in [1.82, 2.24) is 5.32 Å². The van der Waals surface area contributed by atoms with E-state index in [1.807, 2.05) is 0 Å². The average molecular weight is 169 g/mol. The van der Waals surface area contributed by atoms with Gasteiger partial charge in [-0.1, -0.05) is 12.2 Å². The van der Waals surface area contributed by atoms with Gasteiger partial charge in [0.15, 0.2) is 0 Å². The predicted molar refractivity (Wildman–Crippen MR) is 46.9 cm³/mol. The van der Waals surface area contributed by atoms with E-state index in [-0.39, 0.29) is 6.09 Å². The van der Waals surface area contributed by atoms with Crippen molar-refractivity contribution in [3.8, 4) is 0 Å². The molecule has 0 aromatic rings. The number of nitrogens with one attached hydrogen (secondary N) is 1. The van der Waals surface area contributed by atoms with Gasteiger partial charge in [0.05, 0.1) is 6.61 Å². The molecule has 1 unspecified atom stereocenters. The molecular weight excluding hydrogens is 154 g/mol. The molecule has 68 valence electrons. The lowest BCUT2D eigenvalue weighted by Crippen LogP contribution is -2.23. The van der Waals surface area contributed by atoms with E-state index in [2.05, 4.69) is 17.5 Å². The Labute approximate surface area is 72.8 Å². The summed E-state index contributed by atoms with van der Waals surface area (Å²) >= 11 is 0. The second-order valence-corrected chi connectivity index (χ2v) is 3.00. The second kappa shape index (κ2) is 4.80. The molecule has 0 saturated carbocycles. The van der Waals surface area contributed by atoms with E-state index in [0.29, 0.717) is 12.5 Å². The lowest BCUT2D eigenvalue weighted by molar-refractivity contribution is 0.126. The van der Waals surface area contributed by atoms with E-state index >= 15 is 0 Å². The summed E-state index contributed by atoms with van der Waals surface area (Å²) in [6.45, 7) is 0.546. The van der Waals surface area contributed by atoms with Gasteiger partial charge in [0.1, 0.15) is 0 Å². The zero-order valence-electron chi connectivity index (χ0n) is 7.38. The maximum absolute atomic E-state index is 10.7. The number of carbonyl (C=O) groups is 1. The Bertz CT molecular complexity index is 177. The highest BCUT2D eigenvalue weighted by molar-refractivity contribution is 5.66. The first-order valence-electron chi connectivity index (χ1n) is 4.32. The number of hydrogen-bond donors (Lipinski definition) is 1. The van der Waals surface area contributed by atoms with Gasteiger partial charge < -0.3 is 10.1 Å². The van der Waals surface area contributed by atoms with Gasteiger partial charge in [0.25, 0.3) is 0 Å². The summed E-state index contributed by atoms with van der Waals surface area (Å²) in [5.74, 6) is 0.521. The van der Waals surface area contributed by atoms with Crippen molar-refractivity contribution in [2.75, 3.05) is 13.7 Å². The highest BCUT2D eigenvalue weighted by Gasteiger charge is 2.11. The fraction of sp³-hybridized carbons (Fsp3) is 0.667. The lowest BCUT2D eigenvalue weighted by Gasteiger charge is -2.16. The van der Waals surface area contributed by atoms with E-state index in [0.717, 1.165) is 19.3 Å². The number of allylic oxidation sites excluding steroid dienone is 2. The third-order valence-electron chi connectivity index (χ3n) is 2.03. The van der Waals surface area contributed by atoms with Crippen molar-refractivity contribution in [3.05, 3.63) is 12.2 Å². The minimum Gasteiger partial charge on any atom is -0.449 e. The molecule has 3 heteroatoms. The smallest absolute Gasteiger partial charge is 0.406 e. The van der Waals surface area contributed by atoms with Crippen molar-refractivity contribution >= 4 is 6.09 Å². The van der Waals surface area contributed by atoms with Crippen LogP contribution in [0.3, 0.4) is 0 Å². The van der Waals surface area contributed by atoms with Gasteiger partial charge in [-0.2, -0.15) is 0 Å². The average Bonchev–Trinajstić information content (AvgIpc) is 2.16. The van der Waals surface area contributed by atoms with Crippen molar-refractivity contribution < 1.29 is 9.53 Å². The number of ether oxygens (including phenoxy) is 1. The van der Waals surface area contributed by atoms with Crippen LogP contribution in [0, 0.1) is 5.92 Å². The molecule has 12 heavy (non-hydrogen) atoms. The highest BCUT2D eigenvalue weighted by Crippen LogP contribution is 2.17. The van der Waals surface area contributed by atoms with Gasteiger partial charge in [-0.15, -0.1) is 0 Å². The van der Waals surface area contributed by atoms with Gasteiger partial charge in [0, 0.05) is 7.05 Å². The molecule has 0 aromatic carbocycles. The van der Waals surface area contributed by atoms with E-state index < -0.39 is 0 Å². The van der Waals surface area contributed by atoms with Crippen molar-refractivity contribution in [3.63, 3.8) is 0 Å². The summed E-state index contributed by atoms with van der Waals surface area (Å²) in [7, 11) is 1.57. The molecule has 1 N–H and O–H groups in total. The van der Waals surface area contributed by atoms with Crippen LogP contribution in [0.5, 0.6) is 0 Å². The summed E-state index contributed by atoms with van der Waals surface area (Å²) in [5.41, 5.74) is 0. The summed E-state index contributed by atoms with van der Waals surface area (Å²) in [5, 5.41) is 2.43. The first kappa shape index (κ1) is 9.10. The SMILES string of the molecule is CNC(=O)OCC1CC=CCC1. The van der Waals surface area contributed by atoms with Crippen molar-refractivity contribution in [1.29, 1.82) is 0 Å². The third-order valence-corrected chi connectivity index (χ3v) is 2.03. The van der Waals surface area contributed by atoms with E-state index in [1.54, 1.807) is 7.05 Å². The number of alkyl carbamates (subject to hydrolysis) is 1. The minimum atomic E-state index is -0.329. The molecule has 0 aliphatic heterocycles. The Morgan fingerprint density at radius 1 is 1.67 bits per heavy atom. The van der Waals surface area contributed by atoms with E-state index in [9.17, 15) is 4.79 Å². The molecule has 1 rings (SSSR count). The van der Waals surface area contributed by atoms with Crippen LogP contribution in [-0.2, 0) is 4.74 Å². The van der Waals surface area contributed by atoms with Gasteiger partial charge in [0.2, 0.25) is 0 Å². The summed E-state index contributed by atoms with van der Waals surface area (Å²) in [6, 6.07) is 0. The molecule has 1 aliphatic carbocycles. The van der Waals surface area contributed by atoms with Gasteiger partial charge in [-0.25, -0.2) is 4.79 Å². The maximum Gasteiger partial charge on any atom is 0.406 e. The van der Waals surface area contributed by atoms with Crippen molar-refractivity contribution in [2.45, 2.75) is 19.3 Å². The van der Waals surface area contributed by atoms with Crippen LogP contribution in [0.25, 0.3) is 0 Å². The van der Waals surface area contributed by atoms with Gasteiger partial charge in [-0.3, -0.25) is 0 Å². The van der Waals surface area contributed by atoms with Crippen LogP contribution in [0.2, 0.25) is 0 Å². The summed E-state index contributed by atoms with van der Waals surface area (Å²) in [4.78, 5) is 10.7. The number of carbonyl (C=O) groups excluding carboxylic acids is 1. The van der Waals surface area contributed by atoms with Gasteiger partial charge in [-0.05, 0) is 25.2 Å². The summed E-state index contributed by atoms with van der Waals surface area (Å²) < 4.78 is 4.95. The largest absolute Gasteiger partial charge is 0.449 e. The molecule has 0 aromatic heterocycles. The molecule has 0 bridgehead atoms. The standard InChI is InChI=1S/C9H15NO2/c1-10-9(11)12-7-8-5-3-2-4-6-8/h2-3,8H,4-7H2,1H3,(H,10,11). The third kappa shape index (κ3) is 2.95. The molecule has 0 saturated heterocycles. The quantitative estimate of drug-likeness (QED) is 0.639. The Balaban J connectivity index is 2.14. The van der Waals surface area contributed by atoms with Crippen LogP contribution in [0.1, 0.15) is 19.3 Å². The van der Waals surface area contributed by atoms with E-state index in [1.165, 1.54) is 0 Å². The van der Waals surface area contributed by atoms with Crippen molar-refractivity contribution in [2.24, 2.45) is 5.92 Å². The van der Waals surface area contributed by atoms with Crippen LogP contribution in [0.4, 0.5) is 4.79 Å². The zero-order chi connectivity index (χ0) is 8.81. The Hall–Kier alpha value is -0.990. The normalized spacial score (nSPS) is 21.9. The highest BCUT2D eigenvalue weighted by atomic mass is 16.5. The maximum atomic E-state index is 10.7. The van der Waals surface area contributed by atoms with Gasteiger partial charge >= 0.3 is 6.09 Å².